The topological polar surface area (TPSA) is 81.4 Å². The molecule has 0 saturated heterocycles. The van der Waals surface area contributed by atoms with Gasteiger partial charge in [-0.1, -0.05) is 25.2 Å². The van der Waals surface area contributed by atoms with Gasteiger partial charge in [0.15, 0.2) is 0 Å². The van der Waals surface area contributed by atoms with Gasteiger partial charge in [-0.2, -0.15) is 0 Å². The van der Waals surface area contributed by atoms with Gasteiger partial charge in [-0.25, -0.2) is 13.1 Å². The second-order valence-corrected chi connectivity index (χ2v) is 6.91. The molecule has 5 nitrogen and oxygen atoms in total. The van der Waals surface area contributed by atoms with Gasteiger partial charge >= 0.3 is 0 Å². The SMILES string of the molecule is CCCOCCCNS(=O)(=O)c1ccc(C(N)=S)c(C)c1. The summed E-state index contributed by atoms with van der Waals surface area (Å²) in [6, 6.07) is 4.72. The molecule has 0 amide bonds. The minimum Gasteiger partial charge on any atom is -0.389 e. The van der Waals surface area contributed by atoms with Crippen molar-refractivity contribution in [3.05, 3.63) is 29.3 Å². The second-order valence-electron chi connectivity index (χ2n) is 4.70. The van der Waals surface area contributed by atoms with Crippen molar-refractivity contribution in [1.82, 2.24) is 4.72 Å². The average Bonchev–Trinajstić information content (AvgIpc) is 2.42. The number of ether oxygens (including phenoxy) is 1. The van der Waals surface area contributed by atoms with E-state index in [9.17, 15) is 8.42 Å². The zero-order chi connectivity index (χ0) is 15.9. The molecule has 0 bridgehead atoms. The van der Waals surface area contributed by atoms with Crippen LogP contribution in [0.4, 0.5) is 0 Å². The largest absolute Gasteiger partial charge is 0.389 e. The molecule has 0 fully saturated rings. The van der Waals surface area contributed by atoms with E-state index >= 15 is 0 Å². The maximum atomic E-state index is 12.1. The maximum absolute atomic E-state index is 12.1. The monoisotopic (exact) mass is 330 g/mol. The summed E-state index contributed by atoms with van der Waals surface area (Å²) in [5.74, 6) is 0. The van der Waals surface area contributed by atoms with E-state index in [1.807, 2.05) is 6.92 Å². The Kier molecular flexibility index (Phi) is 7.24. The Balaban J connectivity index is 2.62. The van der Waals surface area contributed by atoms with E-state index in [0.29, 0.717) is 31.7 Å². The van der Waals surface area contributed by atoms with Crippen molar-refractivity contribution in [2.24, 2.45) is 5.73 Å². The highest BCUT2D eigenvalue weighted by Gasteiger charge is 2.14. The summed E-state index contributed by atoms with van der Waals surface area (Å²) in [7, 11) is -3.51. The van der Waals surface area contributed by atoms with Crippen molar-refractivity contribution in [2.45, 2.75) is 31.6 Å². The lowest BCUT2D eigenvalue weighted by Crippen LogP contribution is -2.26. The first-order valence-corrected chi connectivity index (χ1v) is 8.75. The van der Waals surface area contributed by atoms with Gasteiger partial charge in [0.05, 0.1) is 4.90 Å². The zero-order valence-electron chi connectivity index (χ0n) is 12.4. The average molecular weight is 330 g/mol. The normalized spacial score (nSPS) is 11.5. The lowest BCUT2D eigenvalue weighted by Gasteiger charge is -2.10. The molecular formula is C14H22N2O3S2. The van der Waals surface area contributed by atoms with Crippen LogP contribution >= 0.6 is 12.2 Å². The molecule has 0 aliphatic heterocycles. The second kappa shape index (κ2) is 8.43. The van der Waals surface area contributed by atoms with Gasteiger partial charge in [-0.15, -0.1) is 0 Å². The van der Waals surface area contributed by atoms with Crippen LogP contribution in [0.25, 0.3) is 0 Å². The molecule has 1 aromatic carbocycles. The molecule has 0 atom stereocenters. The molecule has 1 aromatic rings. The smallest absolute Gasteiger partial charge is 0.240 e. The molecule has 3 N–H and O–H groups in total. The molecule has 0 radical (unpaired) electrons. The van der Waals surface area contributed by atoms with Crippen LogP contribution in [0.2, 0.25) is 0 Å². The highest BCUT2D eigenvalue weighted by molar-refractivity contribution is 7.89. The van der Waals surface area contributed by atoms with E-state index in [1.54, 1.807) is 19.1 Å². The van der Waals surface area contributed by atoms with Gasteiger partial charge in [0.1, 0.15) is 4.99 Å². The van der Waals surface area contributed by atoms with Gasteiger partial charge in [0, 0.05) is 25.3 Å². The molecule has 0 spiro atoms. The van der Waals surface area contributed by atoms with E-state index in [-0.39, 0.29) is 9.88 Å². The number of thiocarbonyl (C=S) groups is 1. The fourth-order valence-corrected chi connectivity index (χ4v) is 3.18. The zero-order valence-corrected chi connectivity index (χ0v) is 14.0. The van der Waals surface area contributed by atoms with Crippen molar-refractivity contribution < 1.29 is 13.2 Å². The molecule has 0 aromatic heterocycles. The van der Waals surface area contributed by atoms with Gasteiger partial charge in [0.2, 0.25) is 10.0 Å². The molecule has 21 heavy (non-hydrogen) atoms. The van der Waals surface area contributed by atoms with Gasteiger partial charge < -0.3 is 10.5 Å². The molecule has 0 unspecified atom stereocenters. The van der Waals surface area contributed by atoms with Crippen LogP contribution in [-0.2, 0) is 14.8 Å². The Bertz CT molecular complexity index is 586. The Morgan fingerprint density at radius 2 is 2.10 bits per heavy atom. The lowest BCUT2D eigenvalue weighted by atomic mass is 10.1. The maximum Gasteiger partial charge on any atom is 0.240 e. The van der Waals surface area contributed by atoms with Crippen LogP contribution in [0.1, 0.15) is 30.9 Å². The summed E-state index contributed by atoms with van der Waals surface area (Å²) in [4.78, 5) is 0.479. The van der Waals surface area contributed by atoms with Crippen LogP contribution < -0.4 is 10.5 Å². The minimum atomic E-state index is -3.51. The molecule has 7 heteroatoms. The van der Waals surface area contributed by atoms with Crippen LogP contribution in [-0.4, -0.2) is 33.2 Å². The molecule has 1 rings (SSSR count). The van der Waals surface area contributed by atoms with Crippen LogP contribution in [0.3, 0.4) is 0 Å². The summed E-state index contributed by atoms with van der Waals surface area (Å²) in [5, 5.41) is 0. The number of rotatable bonds is 9. The third kappa shape index (κ3) is 5.70. The molecule has 0 aliphatic rings. The van der Waals surface area contributed by atoms with Crippen LogP contribution in [0, 0.1) is 6.92 Å². The number of hydrogen-bond acceptors (Lipinski definition) is 4. The van der Waals surface area contributed by atoms with E-state index in [2.05, 4.69) is 4.72 Å². The van der Waals surface area contributed by atoms with Crippen molar-refractivity contribution in [2.75, 3.05) is 19.8 Å². The van der Waals surface area contributed by atoms with Crippen molar-refractivity contribution >= 4 is 27.2 Å². The summed E-state index contributed by atoms with van der Waals surface area (Å²) in [6.45, 7) is 5.41. The summed E-state index contributed by atoms with van der Waals surface area (Å²) in [5.41, 5.74) is 7.00. The third-order valence-electron chi connectivity index (χ3n) is 2.88. The van der Waals surface area contributed by atoms with E-state index < -0.39 is 10.0 Å². The Morgan fingerprint density at radius 3 is 2.67 bits per heavy atom. The number of benzene rings is 1. The Hall–Kier alpha value is -1.02. The number of nitrogens with one attached hydrogen (secondary N) is 1. The van der Waals surface area contributed by atoms with E-state index in [1.165, 1.54) is 6.07 Å². The van der Waals surface area contributed by atoms with Gasteiger partial charge in [-0.05, 0) is 37.5 Å². The number of aryl methyl sites for hydroxylation is 1. The Morgan fingerprint density at radius 1 is 1.38 bits per heavy atom. The molecule has 118 valence electrons. The molecule has 0 saturated carbocycles. The van der Waals surface area contributed by atoms with Crippen molar-refractivity contribution in [1.29, 1.82) is 0 Å². The highest BCUT2D eigenvalue weighted by atomic mass is 32.2. The van der Waals surface area contributed by atoms with Crippen LogP contribution in [0.15, 0.2) is 23.1 Å². The quantitative estimate of drug-likeness (QED) is 0.532. The Labute approximate surface area is 131 Å². The van der Waals surface area contributed by atoms with E-state index in [4.69, 9.17) is 22.7 Å². The number of sulfonamides is 1. The summed E-state index contributed by atoms with van der Waals surface area (Å²) >= 11 is 4.91. The van der Waals surface area contributed by atoms with Crippen molar-refractivity contribution in [3.8, 4) is 0 Å². The van der Waals surface area contributed by atoms with Gasteiger partial charge in [-0.3, -0.25) is 0 Å². The van der Waals surface area contributed by atoms with Crippen molar-refractivity contribution in [3.63, 3.8) is 0 Å². The third-order valence-corrected chi connectivity index (χ3v) is 4.56. The number of hydrogen-bond donors (Lipinski definition) is 2. The molecular weight excluding hydrogens is 308 g/mol. The van der Waals surface area contributed by atoms with E-state index in [0.717, 1.165) is 12.0 Å². The minimum absolute atomic E-state index is 0.217. The standard InChI is InChI=1S/C14H22N2O3S2/c1-3-8-19-9-4-7-16-21(17,18)12-5-6-13(14(15)20)11(2)10-12/h5-6,10,16H,3-4,7-9H2,1-2H3,(H2,15,20). The fourth-order valence-electron chi connectivity index (χ4n) is 1.79. The first-order chi connectivity index (χ1) is 9.88. The number of nitrogens with two attached hydrogens (primary N) is 1. The first kappa shape index (κ1) is 18.0. The first-order valence-electron chi connectivity index (χ1n) is 6.86. The van der Waals surface area contributed by atoms with Crippen LogP contribution in [0.5, 0.6) is 0 Å². The summed E-state index contributed by atoms with van der Waals surface area (Å²) < 4.78 is 32.1. The predicted octanol–water partition coefficient (Wildman–Crippen LogP) is 1.72. The molecule has 0 heterocycles. The van der Waals surface area contributed by atoms with Gasteiger partial charge in [0.25, 0.3) is 0 Å². The predicted molar refractivity (Wildman–Crippen MR) is 88.0 cm³/mol. The summed E-state index contributed by atoms with van der Waals surface area (Å²) in [6.07, 6.45) is 1.60. The molecule has 0 aliphatic carbocycles. The fraction of sp³-hybridized carbons (Fsp3) is 0.500. The lowest BCUT2D eigenvalue weighted by molar-refractivity contribution is 0.133. The highest BCUT2D eigenvalue weighted by Crippen LogP contribution is 2.15.